The standard InChI is InChI=1S/C17H28N4OS.ClH/c18-17-19-12-15(23-17)13-20-8-10-21(11-9-20)16(22)7-6-14-4-2-1-3-5-14;/h12,14H,1-11,13H2,(H2,18,19);1H. The number of nitrogens with zero attached hydrogens (tertiary/aromatic N) is 3. The second-order valence-corrected chi connectivity index (χ2v) is 8.01. The summed E-state index contributed by atoms with van der Waals surface area (Å²) in [5.74, 6) is 1.16. The molecule has 0 atom stereocenters. The van der Waals surface area contributed by atoms with Gasteiger partial charge in [0.2, 0.25) is 5.91 Å². The third-order valence-electron chi connectivity index (χ3n) is 5.17. The van der Waals surface area contributed by atoms with Crippen LogP contribution in [0.5, 0.6) is 0 Å². The number of piperazine rings is 1. The van der Waals surface area contributed by atoms with Gasteiger partial charge in [-0.25, -0.2) is 4.98 Å². The van der Waals surface area contributed by atoms with Crippen LogP contribution in [0.3, 0.4) is 0 Å². The molecule has 1 saturated heterocycles. The van der Waals surface area contributed by atoms with Crippen molar-refractivity contribution in [2.45, 2.75) is 51.5 Å². The average Bonchev–Trinajstić information content (AvgIpc) is 2.99. The van der Waals surface area contributed by atoms with Gasteiger partial charge < -0.3 is 10.6 Å². The van der Waals surface area contributed by atoms with E-state index in [2.05, 4.69) is 14.8 Å². The SMILES string of the molecule is Cl.Nc1ncc(CN2CCN(C(=O)CCC3CCCCC3)CC2)s1. The number of thiazole rings is 1. The molecule has 0 bridgehead atoms. The predicted octanol–water partition coefficient (Wildman–Crippen LogP) is 3.15. The van der Waals surface area contributed by atoms with Crippen molar-refractivity contribution in [1.82, 2.24) is 14.8 Å². The Morgan fingerprint density at radius 1 is 1.21 bits per heavy atom. The average molecular weight is 373 g/mol. The highest BCUT2D eigenvalue weighted by Gasteiger charge is 2.22. The topological polar surface area (TPSA) is 62.5 Å². The highest BCUT2D eigenvalue weighted by atomic mass is 35.5. The van der Waals surface area contributed by atoms with Crippen LogP contribution in [-0.4, -0.2) is 46.9 Å². The number of carbonyl (C=O) groups excluding carboxylic acids is 1. The van der Waals surface area contributed by atoms with Gasteiger partial charge in [-0.2, -0.15) is 0 Å². The molecule has 3 rings (SSSR count). The molecule has 1 aliphatic carbocycles. The van der Waals surface area contributed by atoms with Crippen LogP contribution in [-0.2, 0) is 11.3 Å². The van der Waals surface area contributed by atoms with Crippen LogP contribution >= 0.6 is 23.7 Å². The molecule has 0 radical (unpaired) electrons. The van der Waals surface area contributed by atoms with Crippen LogP contribution in [0.2, 0.25) is 0 Å². The van der Waals surface area contributed by atoms with Crippen LogP contribution in [0.1, 0.15) is 49.8 Å². The molecule has 2 heterocycles. The molecule has 1 aliphatic heterocycles. The highest BCUT2D eigenvalue weighted by molar-refractivity contribution is 7.15. The third kappa shape index (κ3) is 5.60. The number of anilines is 1. The Bertz CT molecular complexity index is 510. The number of aromatic nitrogens is 1. The summed E-state index contributed by atoms with van der Waals surface area (Å²) in [5, 5.41) is 0.636. The Hall–Kier alpha value is -0.850. The van der Waals surface area contributed by atoms with Crippen molar-refractivity contribution >= 4 is 34.8 Å². The Labute approximate surface area is 155 Å². The highest BCUT2D eigenvalue weighted by Crippen LogP contribution is 2.27. The van der Waals surface area contributed by atoms with Crippen molar-refractivity contribution < 1.29 is 4.79 Å². The van der Waals surface area contributed by atoms with E-state index in [-0.39, 0.29) is 12.4 Å². The van der Waals surface area contributed by atoms with Gasteiger partial charge in [0.1, 0.15) is 0 Å². The first-order valence-electron chi connectivity index (χ1n) is 8.91. The van der Waals surface area contributed by atoms with Crippen molar-refractivity contribution in [3.63, 3.8) is 0 Å². The molecule has 1 aromatic rings. The largest absolute Gasteiger partial charge is 0.375 e. The van der Waals surface area contributed by atoms with E-state index in [1.165, 1.54) is 37.0 Å². The number of amides is 1. The summed E-state index contributed by atoms with van der Waals surface area (Å²) in [6.07, 6.45) is 10.5. The molecule has 2 aliphatic rings. The zero-order chi connectivity index (χ0) is 16.1. The van der Waals surface area contributed by atoms with E-state index in [9.17, 15) is 4.79 Å². The van der Waals surface area contributed by atoms with Gasteiger partial charge in [0.15, 0.2) is 5.13 Å². The first-order chi connectivity index (χ1) is 11.2. The number of hydrogen-bond donors (Lipinski definition) is 1. The van der Waals surface area contributed by atoms with Gasteiger partial charge in [-0.1, -0.05) is 32.1 Å². The lowest BCUT2D eigenvalue weighted by molar-refractivity contribution is -0.133. The Kier molecular flexibility index (Phi) is 7.78. The van der Waals surface area contributed by atoms with Crippen molar-refractivity contribution in [3.8, 4) is 0 Å². The number of hydrogen-bond acceptors (Lipinski definition) is 5. The van der Waals surface area contributed by atoms with Gasteiger partial charge in [-0.15, -0.1) is 23.7 Å². The number of nitrogens with two attached hydrogens (primary N) is 1. The molecule has 5 nitrogen and oxygen atoms in total. The zero-order valence-corrected chi connectivity index (χ0v) is 15.9. The fraction of sp³-hybridized carbons (Fsp3) is 0.765. The van der Waals surface area contributed by atoms with Crippen molar-refractivity contribution in [3.05, 3.63) is 11.1 Å². The summed E-state index contributed by atoms with van der Waals surface area (Å²) < 4.78 is 0. The number of rotatable bonds is 5. The summed E-state index contributed by atoms with van der Waals surface area (Å²) in [7, 11) is 0. The molecule has 7 heteroatoms. The van der Waals surface area contributed by atoms with E-state index in [0.29, 0.717) is 11.0 Å². The maximum Gasteiger partial charge on any atom is 0.222 e. The summed E-state index contributed by atoms with van der Waals surface area (Å²) in [5.41, 5.74) is 5.68. The van der Waals surface area contributed by atoms with Gasteiger partial charge in [-0.3, -0.25) is 9.69 Å². The first-order valence-corrected chi connectivity index (χ1v) is 9.72. The van der Waals surface area contributed by atoms with Crippen molar-refractivity contribution in [2.24, 2.45) is 5.92 Å². The van der Waals surface area contributed by atoms with E-state index >= 15 is 0 Å². The van der Waals surface area contributed by atoms with Gasteiger partial charge in [0, 0.05) is 50.2 Å². The van der Waals surface area contributed by atoms with E-state index in [1.54, 1.807) is 11.3 Å². The van der Waals surface area contributed by atoms with Gasteiger partial charge in [0.25, 0.3) is 0 Å². The van der Waals surface area contributed by atoms with E-state index < -0.39 is 0 Å². The Morgan fingerprint density at radius 2 is 1.92 bits per heavy atom. The smallest absolute Gasteiger partial charge is 0.222 e. The lowest BCUT2D eigenvalue weighted by atomic mass is 9.86. The molecule has 24 heavy (non-hydrogen) atoms. The minimum atomic E-state index is 0. The molecule has 1 saturated carbocycles. The molecule has 1 aromatic heterocycles. The Morgan fingerprint density at radius 3 is 2.54 bits per heavy atom. The van der Waals surface area contributed by atoms with Crippen LogP contribution in [0.15, 0.2) is 6.20 Å². The van der Waals surface area contributed by atoms with E-state index in [4.69, 9.17) is 5.73 Å². The van der Waals surface area contributed by atoms with Crippen LogP contribution < -0.4 is 5.73 Å². The van der Waals surface area contributed by atoms with Crippen molar-refractivity contribution in [2.75, 3.05) is 31.9 Å². The molecule has 136 valence electrons. The molecule has 0 unspecified atom stereocenters. The number of carbonyl (C=O) groups is 1. The normalized spacial score (nSPS) is 19.9. The van der Waals surface area contributed by atoms with Gasteiger partial charge in [-0.05, 0) is 12.3 Å². The summed E-state index contributed by atoms with van der Waals surface area (Å²) >= 11 is 1.56. The monoisotopic (exact) mass is 372 g/mol. The van der Waals surface area contributed by atoms with Crippen LogP contribution in [0, 0.1) is 5.92 Å². The summed E-state index contributed by atoms with van der Waals surface area (Å²) in [6, 6.07) is 0. The maximum absolute atomic E-state index is 12.4. The van der Waals surface area contributed by atoms with Crippen molar-refractivity contribution in [1.29, 1.82) is 0 Å². The lowest BCUT2D eigenvalue weighted by Gasteiger charge is -2.34. The maximum atomic E-state index is 12.4. The predicted molar refractivity (Wildman–Crippen MR) is 101 cm³/mol. The van der Waals surface area contributed by atoms with E-state index in [0.717, 1.165) is 51.5 Å². The second-order valence-electron chi connectivity index (χ2n) is 6.86. The molecular formula is C17H29ClN4OS. The minimum absolute atomic E-state index is 0. The van der Waals surface area contributed by atoms with Gasteiger partial charge in [0.05, 0.1) is 0 Å². The molecule has 0 spiro atoms. The summed E-state index contributed by atoms with van der Waals surface area (Å²) in [6.45, 7) is 4.52. The Balaban J connectivity index is 0.00000208. The third-order valence-corrected chi connectivity index (χ3v) is 5.98. The fourth-order valence-corrected chi connectivity index (χ4v) is 4.46. The lowest BCUT2D eigenvalue weighted by Crippen LogP contribution is -2.48. The molecule has 0 aromatic carbocycles. The molecule has 1 amide bonds. The fourth-order valence-electron chi connectivity index (χ4n) is 3.73. The number of nitrogen functional groups attached to an aromatic ring is 1. The minimum Gasteiger partial charge on any atom is -0.375 e. The second kappa shape index (κ2) is 9.59. The quantitative estimate of drug-likeness (QED) is 0.862. The van der Waals surface area contributed by atoms with Gasteiger partial charge >= 0.3 is 0 Å². The molecule has 2 fully saturated rings. The van der Waals surface area contributed by atoms with Crippen LogP contribution in [0.4, 0.5) is 5.13 Å². The first kappa shape index (κ1) is 19.5. The van der Waals surface area contributed by atoms with E-state index in [1.807, 2.05) is 6.20 Å². The zero-order valence-electron chi connectivity index (χ0n) is 14.3. The number of halogens is 1. The molecule has 2 N–H and O–H groups in total. The van der Waals surface area contributed by atoms with Crippen LogP contribution in [0.25, 0.3) is 0 Å². The summed E-state index contributed by atoms with van der Waals surface area (Å²) in [4.78, 5) is 22.1. The molecular weight excluding hydrogens is 344 g/mol.